The lowest BCUT2D eigenvalue weighted by molar-refractivity contribution is 0.638. The second kappa shape index (κ2) is 15.1. The van der Waals surface area contributed by atoms with Gasteiger partial charge in [0.2, 0.25) is 0 Å². The maximum absolute atomic E-state index is 15.3. The molecule has 0 unspecified atom stereocenters. The zero-order valence-electron chi connectivity index (χ0n) is 36.2. The molecule has 0 spiro atoms. The van der Waals surface area contributed by atoms with Crippen molar-refractivity contribution in [3.63, 3.8) is 0 Å². The van der Waals surface area contributed by atoms with Crippen LogP contribution in [-0.4, -0.2) is 0 Å². The number of fused-ring (bicyclic) bond motifs is 3. The van der Waals surface area contributed by atoms with Crippen LogP contribution in [-0.2, 0) is 0 Å². The summed E-state index contributed by atoms with van der Waals surface area (Å²) in [6.07, 6.45) is 0. The van der Waals surface area contributed by atoms with Gasteiger partial charge in [-0.2, -0.15) is 0 Å². The molecule has 0 heterocycles. The molecular weight excluding hydrogens is 756 g/mol. The van der Waals surface area contributed by atoms with Crippen LogP contribution >= 0.6 is 0 Å². The fraction of sp³-hybridized carbons (Fsp3) is 0.158. The maximum atomic E-state index is 15.3. The molecule has 4 heteroatoms. The standard InChI is InChI=1S/C57H48F3N/c1-31-28-52(34(4)22-46(31)55-37(7)25-49(58)40-16-10-13-19-43(40)55)61(53-29-32(2)47(23-35(53)5)56-38(8)26-50(59)41-17-11-14-20-44(41)56)54-30-33(3)48(24-36(54)6)57-39(9)27-51(60)42-18-12-15-21-45(42)57/h10-30H,1-9H3. The minimum Gasteiger partial charge on any atom is -0.310 e. The molecule has 0 amide bonds. The second-order valence-corrected chi connectivity index (χ2v) is 17.0. The lowest BCUT2D eigenvalue weighted by Crippen LogP contribution is -2.15. The SMILES string of the molecule is Cc1cc(N(c2cc(C)c(-c3c(C)cc(F)c4ccccc34)cc2C)c2cc(C)c(-c3c(C)cc(F)c4ccccc34)cc2C)c(C)cc1-c1c(C)cc(F)c2ccccc12. The van der Waals surface area contributed by atoms with Crippen LogP contribution in [0, 0.1) is 79.8 Å². The Hall–Kier alpha value is -6.65. The van der Waals surface area contributed by atoms with E-state index >= 15 is 13.2 Å². The van der Waals surface area contributed by atoms with E-state index in [-0.39, 0.29) is 17.5 Å². The van der Waals surface area contributed by atoms with Gasteiger partial charge in [0.05, 0.1) is 0 Å². The van der Waals surface area contributed by atoms with Gasteiger partial charge in [0.25, 0.3) is 0 Å². The van der Waals surface area contributed by atoms with Crippen LogP contribution in [0.25, 0.3) is 65.7 Å². The predicted molar refractivity (Wildman–Crippen MR) is 252 cm³/mol. The van der Waals surface area contributed by atoms with Crippen molar-refractivity contribution in [2.75, 3.05) is 4.90 Å². The molecule has 0 aliphatic carbocycles. The Bertz CT molecular complexity index is 2930. The number of anilines is 3. The quantitative estimate of drug-likeness (QED) is 0.162. The monoisotopic (exact) mass is 803 g/mol. The van der Waals surface area contributed by atoms with Gasteiger partial charge in [0.1, 0.15) is 17.5 Å². The zero-order valence-corrected chi connectivity index (χ0v) is 36.2. The molecular formula is C57H48F3N. The molecule has 0 saturated heterocycles. The smallest absolute Gasteiger partial charge is 0.131 e. The van der Waals surface area contributed by atoms with Gasteiger partial charge in [0.15, 0.2) is 0 Å². The average Bonchev–Trinajstić information content (AvgIpc) is 3.22. The van der Waals surface area contributed by atoms with E-state index in [1.54, 1.807) is 18.2 Å². The summed E-state index contributed by atoms with van der Waals surface area (Å²) in [5, 5.41) is 4.50. The number of benzene rings is 9. The van der Waals surface area contributed by atoms with E-state index in [2.05, 4.69) is 82.8 Å². The summed E-state index contributed by atoms with van der Waals surface area (Å²) in [7, 11) is 0. The van der Waals surface area contributed by atoms with Crippen LogP contribution in [0.4, 0.5) is 30.2 Å². The van der Waals surface area contributed by atoms with E-state index in [4.69, 9.17) is 0 Å². The van der Waals surface area contributed by atoms with E-state index in [1.807, 2.05) is 93.6 Å². The summed E-state index contributed by atoms with van der Waals surface area (Å²) in [6.45, 7) is 18.8. The van der Waals surface area contributed by atoms with Crippen molar-refractivity contribution >= 4 is 49.4 Å². The molecule has 0 saturated carbocycles. The summed E-state index contributed by atoms with van der Waals surface area (Å²) in [5.74, 6) is -0.652. The van der Waals surface area contributed by atoms with Crippen LogP contribution in [0.2, 0.25) is 0 Å². The molecule has 0 aromatic heterocycles. The molecule has 0 atom stereocenters. The minimum absolute atomic E-state index is 0.217. The third-order valence-electron chi connectivity index (χ3n) is 12.7. The van der Waals surface area contributed by atoms with E-state index in [1.165, 1.54) is 0 Å². The Balaban J connectivity index is 1.29. The average molecular weight is 804 g/mol. The lowest BCUT2D eigenvalue weighted by atomic mass is 9.87. The van der Waals surface area contributed by atoms with E-state index in [9.17, 15) is 0 Å². The summed E-state index contributed by atoms with van der Waals surface area (Å²) >= 11 is 0. The number of aryl methyl sites for hydroxylation is 9. The van der Waals surface area contributed by atoms with Gasteiger partial charge in [-0.1, -0.05) is 72.8 Å². The van der Waals surface area contributed by atoms with Gasteiger partial charge in [-0.3, -0.25) is 0 Å². The lowest BCUT2D eigenvalue weighted by Gasteiger charge is -2.32. The predicted octanol–water partition coefficient (Wildman–Crippen LogP) is 16.8. The Kier molecular flexibility index (Phi) is 9.86. The molecule has 302 valence electrons. The van der Waals surface area contributed by atoms with Crippen molar-refractivity contribution < 1.29 is 13.2 Å². The first-order chi connectivity index (χ1) is 29.2. The molecule has 9 rings (SSSR count). The molecule has 1 nitrogen and oxygen atoms in total. The van der Waals surface area contributed by atoms with Gasteiger partial charge < -0.3 is 4.90 Å². The molecule has 0 aliphatic rings. The van der Waals surface area contributed by atoms with Crippen LogP contribution in [0.1, 0.15) is 50.1 Å². The highest BCUT2D eigenvalue weighted by molar-refractivity contribution is 6.03. The van der Waals surface area contributed by atoms with Gasteiger partial charge >= 0.3 is 0 Å². The van der Waals surface area contributed by atoms with Crippen molar-refractivity contribution in [1.82, 2.24) is 0 Å². The summed E-state index contributed by atoms with van der Waals surface area (Å²) in [6, 6.07) is 41.6. The molecule has 0 radical (unpaired) electrons. The summed E-state index contributed by atoms with van der Waals surface area (Å²) < 4.78 is 45.8. The number of nitrogens with zero attached hydrogens (tertiary/aromatic N) is 1. The molecule has 9 aromatic carbocycles. The highest BCUT2D eigenvalue weighted by Gasteiger charge is 2.25. The zero-order chi connectivity index (χ0) is 43.0. The van der Waals surface area contributed by atoms with Gasteiger partial charge in [0, 0.05) is 33.2 Å². The number of hydrogen-bond acceptors (Lipinski definition) is 1. The first-order valence-corrected chi connectivity index (χ1v) is 20.9. The van der Waals surface area contributed by atoms with E-state index < -0.39 is 0 Å². The Morgan fingerprint density at radius 3 is 0.787 bits per heavy atom. The number of halogens is 3. The van der Waals surface area contributed by atoms with E-state index in [0.29, 0.717) is 16.2 Å². The third kappa shape index (κ3) is 6.57. The van der Waals surface area contributed by atoms with Crippen LogP contribution in [0.15, 0.2) is 127 Å². The molecule has 9 aromatic rings. The molecule has 0 aliphatic heterocycles. The van der Waals surface area contributed by atoms with E-state index in [0.717, 1.165) is 117 Å². The largest absolute Gasteiger partial charge is 0.310 e. The van der Waals surface area contributed by atoms with Crippen molar-refractivity contribution in [1.29, 1.82) is 0 Å². The molecule has 0 bridgehead atoms. The van der Waals surface area contributed by atoms with Crippen LogP contribution in [0.3, 0.4) is 0 Å². The van der Waals surface area contributed by atoms with Crippen LogP contribution in [0.5, 0.6) is 0 Å². The second-order valence-electron chi connectivity index (χ2n) is 17.0. The number of rotatable bonds is 6. The Morgan fingerprint density at radius 1 is 0.279 bits per heavy atom. The molecule has 0 N–H and O–H groups in total. The van der Waals surface area contributed by atoms with Crippen molar-refractivity contribution in [3.8, 4) is 33.4 Å². The van der Waals surface area contributed by atoms with Crippen molar-refractivity contribution in [2.45, 2.75) is 62.3 Å². The highest BCUT2D eigenvalue weighted by atomic mass is 19.1. The fourth-order valence-electron chi connectivity index (χ4n) is 9.78. The highest BCUT2D eigenvalue weighted by Crippen LogP contribution is 2.48. The first-order valence-electron chi connectivity index (χ1n) is 20.9. The molecule has 61 heavy (non-hydrogen) atoms. The van der Waals surface area contributed by atoms with Crippen molar-refractivity contribution in [2.24, 2.45) is 0 Å². The number of hydrogen-bond donors (Lipinski definition) is 0. The van der Waals surface area contributed by atoms with Gasteiger partial charge in [-0.05, 0) is 217 Å². The normalized spacial score (nSPS) is 11.6. The van der Waals surface area contributed by atoms with Gasteiger partial charge in [-0.15, -0.1) is 0 Å². The fourth-order valence-corrected chi connectivity index (χ4v) is 9.78. The van der Waals surface area contributed by atoms with Gasteiger partial charge in [-0.25, -0.2) is 13.2 Å². The molecule has 0 fully saturated rings. The summed E-state index contributed by atoms with van der Waals surface area (Å²) in [4.78, 5) is 2.38. The van der Waals surface area contributed by atoms with Crippen LogP contribution < -0.4 is 4.90 Å². The first kappa shape index (κ1) is 39.8. The minimum atomic E-state index is -0.217. The maximum Gasteiger partial charge on any atom is 0.131 e. The Labute approximate surface area is 356 Å². The summed E-state index contributed by atoms with van der Waals surface area (Å²) in [5.41, 5.74) is 18.5. The third-order valence-corrected chi connectivity index (χ3v) is 12.7. The van der Waals surface area contributed by atoms with Crippen molar-refractivity contribution in [3.05, 3.63) is 195 Å². The topological polar surface area (TPSA) is 3.24 Å². The Morgan fingerprint density at radius 2 is 0.525 bits per heavy atom.